The van der Waals surface area contributed by atoms with Gasteiger partial charge in [0.15, 0.2) is 5.16 Å². The van der Waals surface area contributed by atoms with Gasteiger partial charge in [0.25, 0.3) is 0 Å². The van der Waals surface area contributed by atoms with Gasteiger partial charge in [0, 0.05) is 17.7 Å². The third-order valence-electron chi connectivity index (χ3n) is 3.15. The SMILES string of the molecule is CCCn1c(SCCCC(C)(C)C(N)=NO)n[nH]c1=O. The molecule has 0 unspecified atom stereocenters. The zero-order valence-electron chi connectivity index (χ0n) is 12.2. The summed E-state index contributed by atoms with van der Waals surface area (Å²) in [5, 5.41) is 19.0. The lowest BCUT2D eigenvalue weighted by Gasteiger charge is -2.22. The Morgan fingerprint density at radius 1 is 1.60 bits per heavy atom. The Hall–Kier alpha value is -1.44. The number of hydrogen-bond acceptors (Lipinski definition) is 5. The van der Waals surface area contributed by atoms with Crippen molar-refractivity contribution in [3.8, 4) is 0 Å². The lowest BCUT2D eigenvalue weighted by molar-refractivity contribution is 0.305. The van der Waals surface area contributed by atoms with Crippen LogP contribution < -0.4 is 11.4 Å². The highest BCUT2D eigenvalue weighted by atomic mass is 32.2. The minimum Gasteiger partial charge on any atom is -0.409 e. The largest absolute Gasteiger partial charge is 0.409 e. The molecule has 0 spiro atoms. The third kappa shape index (κ3) is 4.29. The van der Waals surface area contributed by atoms with Crippen molar-refractivity contribution in [2.24, 2.45) is 16.3 Å². The molecule has 8 heteroatoms. The summed E-state index contributed by atoms with van der Waals surface area (Å²) in [5.41, 5.74) is 5.15. The van der Waals surface area contributed by atoms with Crippen molar-refractivity contribution in [3.63, 3.8) is 0 Å². The van der Waals surface area contributed by atoms with Gasteiger partial charge in [-0.1, -0.05) is 37.7 Å². The van der Waals surface area contributed by atoms with Gasteiger partial charge >= 0.3 is 5.69 Å². The van der Waals surface area contributed by atoms with Gasteiger partial charge in [-0.15, -0.1) is 5.10 Å². The maximum Gasteiger partial charge on any atom is 0.343 e. The van der Waals surface area contributed by atoms with E-state index in [1.165, 1.54) is 0 Å². The molecular formula is C12H23N5O2S. The molecule has 0 amide bonds. The summed E-state index contributed by atoms with van der Waals surface area (Å²) in [6.45, 7) is 6.57. The number of aromatic amines is 1. The predicted octanol–water partition coefficient (Wildman–Crippen LogP) is 1.63. The lowest BCUT2D eigenvalue weighted by Crippen LogP contribution is -2.31. The number of rotatable bonds is 8. The first kappa shape index (κ1) is 16.6. The van der Waals surface area contributed by atoms with Gasteiger partial charge in [-0.3, -0.25) is 4.57 Å². The molecule has 20 heavy (non-hydrogen) atoms. The highest BCUT2D eigenvalue weighted by Crippen LogP contribution is 2.25. The maximum absolute atomic E-state index is 11.5. The Kier molecular flexibility index (Phi) is 6.12. The molecule has 0 atom stereocenters. The number of thioether (sulfide) groups is 1. The average Bonchev–Trinajstić information content (AvgIpc) is 2.76. The van der Waals surface area contributed by atoms with Crippen molar-refractivity contribution in [3.05, 3.63) is 10.5 Å². The van der Waals surface area contributed by atoms with E-state index in [0.29, 0.717) is 6.54 Å². The first-order chi connectivity index (χ1) is 9.42. The Bertz CT molecular complexity index is 506. The van der Waals surface area contributed by atoms with Crippen molar-refractivity contribution in [1.29, 1.82) is 0 Å². The molecule has 0 saturated carbocycles. The Morgan fingerprint density at radius 3 is 2.90 bits per heavy atom. The third-order valence-corrected chi connectivity index (χ3v) is 4.21. The normalized spacial score (nSPS) is 12.8. The van der Waals surface area contributed by atoms with E-state index in [1.807, 2.05) is 20.8 Å². The predicted molar refractivity (Wildman–Crippen MR) is 80.3 cm³/mol. The number of hydrogen-bond donors (Lipinski definition) is 3. The van der Waals surface area contributed by atoms with Crippen molar-refractivity contribution in [2.75, 3.05) is 5.75 Å². The number of H-pyrrole nitrogens is 1. The second-order valence-electron chi connectivity index (χ2n) is 5.28. The number of nitrogens with two attached hydrogens (primary N) is 1. The average molecular weight is 301 g/mol. The molecule has 0 radical (unpaired) electrons. The Balaban J connectivity index is 2.48. The van der Waals surface area contributed by atoms with E-state index in [2.05, 4.69) is 15.4 Å². The van der Waals surface area contributed by atoms with Crippen LogP contribution in [0.2, 0.25) is 0 Å². The number of nitrogens with zero attached hydrogens (tertiary/aromatic N) is 3. The highest BCUT2D eigenvalue weighted by molar-refractivity contribution is 7.99. The first-order valence-electron chi connectivity index (χ1n) is 6.68. The summed E-state index contributed by atoms with van der Waals surface area (Å²) < 4.78 is 1.65. The van der Waals surface area contributed by atoms with Gasteiger partial charge < -0.3 is 10.9 Å². The van der Waals surface area contributed by atoms with Gasteiger partial charge in [0.1, 0.15) is 5.84 Å². The van der Waals surface area contributed by atoms with Crippen LogP contribution in [-0.4, -0.2) is 31.6 Å². The van der Waals surface area contributed by atoms with Crippen LogP contribution in [0.3, 0.4) is 0 Å². The zero-order valence-corrected chi connectivity index (χ0v) is 13.0. The molecule has 1 aromatic heterocycles. The minimum absolute atomic E-state index is 0.161. The molecule has 0 aromatic carbocycles. The van der Waals surface area contributed by atoms with Gasteiger partial charge in [-0.25, -0.2) is 9.89 Å². The molecule has 0 aliphatic rings. The molecule has 7 nitrogen and oxygen atoms in total. The highest BCUT2D eigenvalue weighted by Gasteiger charge is 2.23. The van der Waals surface area contributed by atoms with Crippen molar-refractivity contribution >= 4 is 17.6 Å². The van der Waals surface area contributed by atoms with Crippen LogP contribution in [0.25, 0.3) is 0 Å². The fourth-order valence-electron chi connectivity index (χ4n) is 1.78. The summed E-state index contributed by atoms with van der Waals surface area (Å²) >= 11 is 1.55. The lowest BCUT2D eigenvalue weighted by atomic mass is 9.87. The van der Waals surface area contributed by atoms with E-state index in [0.717, 1.165) is 30.2 Å². The molecule has 0 aliphatic carbocycles. The summed E-state index contributed by atoms with van der Waals surface area (Å²) in [4.78, 5) is 11.5. The molecule has 114 valence electrons. The van der Waals surface area contributed by atoms with E-state index in [4.69, 9.17) is 10.9 Å². The number of amidine groups is 1. The molecular weight excluding hydrogens is 278 g/mol. The second-order valence-corrected chi connectivity index (χ2v) is 6.35. The number of oxime groups is 1. The van der Waals surface area contributed by atoms with Crippen molar-refractivity contribution < 1.29 is 5.21 Å². The summed E-state index contributed by atoms with van der Waals surface area (Å²) in [5.74, 6) is 1.07. The van der Waals surface area contributed by atoms with Crippen LogP contribution in [-0.2, 0) is 6.54 Å². The summed E-state index contributed by atoms with van der Waals surface area (Å²) in [6.07, 6.45) is 2.59. The number of nitrogens with one attached hydrogen (secondary N) is 1. The van der Waals surface area contributed by atoms with Gasteiger partial charge in [-0.2, -0.15) is 0 Å². The molecule has 0 fully saturated rings. The van der Waals surface area contributed by atoms with E-state index in [9.17, 15) is 4.79 Å². The van der Waals surface area contributed by atoms with Crippen molar-refractivity contribution in [2.45, 2.75) is 51.7 Å². The summed E-state index contributed by atoms with van der Waals surface area (Å²) in [6, 6.07) is 0. The number of aromatic nitrogens is 3. The molecule has 1 rings (SSSR count). The smallest absolute Gasteiger partial charge is 0.343 e. The first-order valence-corrected chi connectivity index (χ1v) is 7.67. The van der Waals surface area contributed by atoms with Gasteiger partial charge in [0.2, 0.25) is 0 Å². The zero-order chi connectivity index (χ0) is 15.2. The minimum atomic E-state index is -0.329. The summed E-state index contributed by atoms with van der Waals surface area (Å²) in [7, 11) is 0. The molecule has 4 N–H and O–H groups in total. The molecule has 0 saturated heterocycles. The van der Waals surface area contributed by atoms with E-state index in [1.54, 1.807) is 16.3 Å². The molecule has 1 heterocycles. The van der Waals surface area contributed by atoms with Gasteiger partial charge in [0.05, 0.1) is 0 Å². The quantitative estimate of drug-likeness (QED) is 0.169. The Morgan fingerprint density at radius 2 is 2.30 bits per heavy atom. The van der Waals surface area contributed by atoms with Crippen LogP contribution >= 0.6 is 11.8 Å². The standard InChI is InChI=1S/C12H23N5O2S/c1-4-7-17-10(18)14-15-11(17)20-8-5-6-12(2,3)9(13)16-19/h19H,4-8H2,1-3H3,(H2,13,16)(H,14,18). The van der Waals surface area contributed by atoms with E-state index in [-0.39, 0.29) is 16.9 Å². The van der Waals surface area contributed by atoms with E-state index < -0.39 is 0 Å². The maximum atomic E-state index is 11.5. The molecule has 1 aromatic rings. The second kappa shape index (κ2) is 7.37. The molecule has 0 aliphatic heterocycles. The monoisotopic (exact) mass is 301 g/mol. The van der Waals surface area contributed by atoms with Gasteiger partial charge in [-0.05, 0) is 19.3 Å². The fraction of sp³-hybridized carbons (Fsp3) is 0.750. The topological polar surface area (TPSA) is 109 Å². The van der Waals surface area contributed by atoms with E-state index >= 15 is 0 Å². The molecule has 0 bridgehead atoms. The Labute approximate surface area is 122 Å². The van der Waals surface area contributed by atoms with Crippen LogP contribution in [0.4, 0.5) is 0 Å². The van der Waals surface area contributed by atoms with Crippen LogP contribution in [0.5, 0.6) is 0 Å². The van der Waals surface area contributed by atoms with Crippen LogP contribution in [0.15, 0.2) is 15.1 Å². The van der Waals surface area contributed by atoms with Crippen molar-refractivity contribution in [1.82, 2.24) is 14.8 Å². The van der Waals surface area contributed by atoms with Crippen LogP contribution in [0, 0.1) is 5.41 Å². The fourth-order valence-corrected chi connectivity index (χ4v) is 2.69. The van der Waals surface area contributed by atoms with Crippen LogP contribution in [0.1, 0.15) is 40.0 Å².